The molecule has 1 heteroatoms. The van der Waals surface area contributed by atoms with E-state index in [0.29, 0.717) is 10.8 Å². The second kappa shape index (κ2) is 27.5. The van der Waals surface area contributed by atoms with Crippen molar-refractivity contribution in [1.29, 1.82) is 0 Å². The summed E-state index contributed by atoms with van der Waals surface area (Å²) in [5.41, 5.74) is 13.3. The molecule has 0 heterocycles. The van der Waals surface area contributed by atoms with Crippen LogP contribution in [0.1, 0.15) is 213 Å². The average molecular weight is 1030 g/mol. The first-order valence-electron chi connectivity index (χ1n) is 27.7. The lowest BCUT2D eigenvalue weighted by Crippen LogP contribution is -2.14. The summed E-state index contributed by atoms with van der Waals surface area (Å²) in [7, 11) is 0. The molecule has 0 saturated carbocycles. The van der Waals surface area contributed by atoms with Crippen molar-refractivity contribution >= 4 is 22.5 Å². The van der Waals surface area contributed by atoms with E-state index in [-0.39, 0.29) is 32.5 Å². The minimum Gasteiger partial charge on any atom is -0.0901 e. The summed E-state index contributed by atoms with van der Waals surface area (Å²) in [6.07, 6.45) is 0. The van der Waals surface area contributed by atoms with Crippen molar-refractivity contribution in [2.75, 3.05) is 0 Å². The molecule has 0 spiro atoms. The molecule has 0 saturated heterocycles. The summed E-state index contributed by atoms with van der Waals surface area (Å²) in [5, 5.41) is 2.62. The highest BCUT2D eigenvalue weighted by Gasteiger charge is 2.18. The first kappa shape index (κ1) is 66.3. The van der Waals surface area contributed by atoms with Gasteiger partial charge in [-0.2, -0.15) is 0 Å². The van der Waals surface area contributed by atoms with Gasteiger partial charge in [-0.3, -0.25) is 0 Å². The van der Waals surface area contributed by atoms with Gasteiger partial charge in [0.05, 0.1) is 0 Å². The Balaban J connectivity index is 0.000000330. The van der Waals surface area contributed by atoms with Crippen molar-refractivity contribution in [2.24, 2.45) is 10.8 Å². The fraction of sp³-hybridized carbons (Fsp3) is 0.459. The van der Waals surface area contributed by atoms with E-state index in [2.05, 4.69) is 350 Å². The molecular weight excluding hydrogens is 921 g/mol. The first-order valence-corrected chi connectivity index (χ1v) is 28.5. The lowest BCUT2D eigenvalue weighted by Gasteiger charge is -2.23. The lowest BCUT2D eigenvalue weighted by molar-refractivity contribution is 0.469. The summed E-state index contributed by atoms with van der Waals surface area (Å²) in [5.74, 6) is 0. The smallest absolute Gasteiger partial charge is 0.0122 e. The third-order valence-corrected chi connectivity index (χ3v) is 12.8. The quantitative estimate of drug-likeness (QED) is 0.170. The summed E-state index contributed by atoms with van der Waals surface area (Å²) in [6.45, 7) is 58.0. The highest BCUT2D eigenvalue weighted by molar-refractivity contribution is 7.99. The molecule has 7 aromatic rings. The van der Waals surface area contributed by atoms with Gasteiger partial charge in [-0.1, -0.05) is 337 Å². The predicted octanol–water partition coefficient (Wildman–Crippen LogP) is 23.6. The SMILES string of the molecule is CC(C)(C)C.CC(C)(C)C.CC(C)(C)c1ccc(-c2ccc(C(C)(C)C)cc2)cc1.CC(C)(C)c1ccc(C(C)(C)C)cc1.CC(C)(C)c1ccc(Sc2ccc(C(C)(C)C)cc2)cc1.c1ccc2ccccc2c1. The van der Waals surface area contributed by atoms with Gasteiger partial charge in [-0.15, -0.1) is 0 Å². The zero-order valence-electron chi connectivity index (χ0n) is 52.6. The third-order valence-electron chi connectivity index (χ3n) is 11.8. The Bertz CT molecular complexity index is 2440. The molecule has 0 bridgehead atoms. The first-order chi connectivity index (χ1) is 34.0. The topological polar surface area (TPSA) is 0 Å². The molecule has 0 fully saturated rings. The van der Waals surface area contributed by atoms with E-state index in [1.54, 1.807) is 0 Å². The Labute approximate surface area is 467 Å². The molecule has 75 heavy (non-hydrogen) atoms. The third kappa shape index (κ3) is 27.2. The van der Waals surface area contributed by atoms with Crippen LogP contribution in [0.4, 0.5) is 0 Å². The Hall–Kier alpha value is -4.85. The molecule has 0 aliphatic rings. The fourth-order valence-corrected chi connectivity index (χ4v) is 7.93. The Morgan fingerprint density at radius 2 is 0.347 bits per heavy atom. The highest BCUT2D eigenvalue weighted by atomic mass is 32.2. The maximum absolute atomic E-state index is 2.25. The molecule has 0 unspecified atom stereocenters. The van der Waals surface area contributed by atoms with E-state index in [1.807, 2.05) is 11.8 Å². The van der Waals surface area contributed by atoms with Gasteiger partial charge in [0.2, 0.25) is 0 Å². The Morgan fingerprint density at radius 1 is 0.200 bits per heavy atom. The number of benzene rings is 7. The van der Waals surface area contributed by atoms with Crippen molar-refractivity contribution in [3.05, 3.63) is 203 Å². The van der Waals surface area contributed by atoms with Gasteiger partial charge in [0.15, 0.2) is 0 Å². The average Bonchev–Trinajstić information content (AvgIpc) is 3.27. The maximum Gasteiger partial charge on any atom is 0.0122 e. The van der Waals surface area contributed by atoms with Crippen LogP contribution >= 0.6 is 11.8 Å². The van der Waals surface area contributed by atoms with Crippen LogP contribution in [0.5, 0.6) is 0 Å². The van der Waals surface area contributed by atoms with Gasteiger partial charge in [-0.25, -0.2) is 0 Å². The molecule has 7 aromatic carbocycles. The maximum atomic E-state index is 2.25. The summed E-state index contributed by atoms with van der Waals surface area (Å²) in [6, 6.07) is 61.5. The minimum absolute atomic E-state index is 0.217. The van der Waals surface area contributed by atoms with Gasteiger partial charge >= 0.3 is 0 Å². The van der Waals surface area contributed by atoms with Crippen LogP contribution in [0, 0.1) is 10.8 Å². The van der Waals surface area contributed by atoms with Gasteiger partial charge in [0.1, 0.15) is 0 Å². The van der Waals surface area contributed by atoms with E-state index in [4.69, 9.17) is 0 Å². The van der Waals surface area contributed by atoms with Gasteiger partial charge in [0.25, 0.3) is 0 Å². The van der Waals surface area contributed by atoms with E-state index in [1.165, 1.54) is 65.1 Å². The molecule has 0 atom stereocenters. The van der Waals surface area contributed by atoms with Gasteiger partial charge in [0, 0.05) is 9.79 Å². The van der Waals surface area contributed by atoms with Crippen molar-refractivity contribution < 1.29 is 0 Å². The van der Waals surface area contributed by atoms with Crippen LogP contribution in [0.25, 0.3) is 21.9 Å². The molecule has 0 aromatic heterocycles. The second-order valence-corrected chi connectivity index (χ2v) is 30.9. The van der Waals surface area contributed by atoms with Crippen LogP contribution < -0.4 is 0 Å². The van der Waals surface area contributed by atoms with E-state index < -0.39 is 0 Å². The van der Waals surface area contributed by atoms with E-state index in [9.17, 15) is 0 Å². The number of fused-ring (bicyclic) bond motifs is 1. The highest BCUT2D eigenvalue weighted by Crippen LogP contribution is 2.33. The van der Waals surface area contributed by atoms with Gasteiger partial charge in [-0.05, 0) is 123 Å². The van der Waals surface area contributed by atoms with Crippen molar-refractivity contribution in [2.45, 2.75) is 222 Å². The summed E-state index contributed by atoms with van der Waals surface area (Å²) < 4.78 is 0. The molecule has 0 nitrogen and oxygen atoms in total. The molecule has 0 amide bonds. The molecule has 0 radical (unpaired) electrons. The van der Waals surface area contributed by atoms with Gasteiger partial charge < -0.3 is 0 Å². The van der Waals surface area contributed by atoms with Crippen molar-refractivity contribution in [3.8, 4) is 11.1 Å². The number of hydrogen-bond donors (Lipinski definition) is 0. The summed E-state index contributed by atoms with van der Waals surface area (Å²) in [4.78, 5) is 2.60. The standard InChI is InChI=1S/C20H26S.C20H26.C14H22.C10H8.2C5H12/c1-19(2,3)15-7-11-17(12-8-15)21-18-13-9-16(10-14-18)20(4,5)6;1-19(2,3)17-11-7-15(8-12-17)16-9-13-18(14-10-16)20(4,5)6;1-13(2,3)11-7-9-12(10-8-11)14(4,5)6;1-2-6-10-8-4-3-7-9(10)5-1;2*1-5(2,3)4/h7-14H,1-6H3;7-14H,1-6H3;7-10H,1-6H3;1-8H;2*1-4H3. The minimum atomic E-state index is 0.217. The second-order valence-electron chi connectivity index (χ2n) is 29.7. The van der Waals surface area contributed by atoms with Crippen LogP contribution in [-0.4, -0.2) is 0 Å². The molecule has 0 N–H and O–H groups in total. The van der Waals surface area contributed by atoms with Crippen LogP contribution in [0.3, 0.4) is 0 Å². The number of rotatable bonds is 3. The monoisotopic (exact) mass is 1030 g/mol. The molecule has 0 aliphatic carbocycles. The van der Waals surface area contributed by atoms with Crippen molar-refractivity contribution in [3.63, 3.8) is 0 Å². The lowest BCUT2D eigenvalue weighted by atomic mass is 9.82. The van der Waals surface area contributed by atoms with Crippen LogP contribution in [-0.2, 0) is 32.5 Å². The van der Waals surface area contributed by atoms with E-state index >= 15 is 0 Å². The molecule has 408 valence electrons. The fourth-order valence-electron chi connectivity index (χ4n) is 7.11. The predicted molar refractivity (Wildman–Crippen MR) is 342 cm³/mol. The normalized spacial score (nSPS) is 12.2. The zero-order valence-corrected chi connectivity index (χ0v) is 53.4. The Kier molecular flexibility index (Phi) is 24.3. The zero-order chi connectivity index (χ0) is 57.4. The van der Waals surface area contributed by atoms with Crippen LogP contribution in [0.2, 0.25) is 0 Å². The number of hydrogen-bond acceptors (Lipinski definition) is 1. The molecule has 0 aliphatic heterocycles. The van der Waals surface area contributed by atoms with Crippen molar-refractivity contribution in [1.82, 2.24) is 0 Å². The molecule has 7 rings (SSSR count). The molecular formula is C74H106S. The Morgan fingerprint density at radius 3 is 0.507 bits per heavy atom. The van der Waals surface area contributed by atoms with E-state index in [0.717, 1.165) is 0 Å². The summed E-state index contributed by atoms with van der Waals surface area (Å²) >= 11 is 1.83. The largest absolute Gasteiger partial charge is 0.0901 e. The van der Waals surface area contributed by atoms with Crippen LogP contribution in [0.15, 0.2) is 180 Å².